The average molecular weight is 351 g/mol. The van der Waals surface area contributed by atoms with Gasteiger partial charge in [-0.1, -0.05) is 12.1 Å². The van der Waals surface area contributed by atoms with Crippen LogP contribution in [0.3, 0.4) is 0 Å². The number of aromatic nitrogens is 2. The molecule has 8 nitrogen and oxygen atoms in total. The van der Waals surface area contributed by atoms with Crippen LogP contribution in [-0.4, -0.2) is 27.2 Å². The molecule has 3 N–H and O–H groups in total. The predicted molar refractivity (Wildman–Crippen MR) is 97.1 cm³/mol. The van der Waals surface area contributed by atoms with Gasteiger partial charge >= 0.3 is 0 Å². The first-order valence-corrected chi connectivity index (χ1v) is 7.95. The fourth-order valence-electron chi connectivity index (χ4n) is 2.50. The molecule has 0 aliphatic heterocycles. The number of nitrogens with zero attached hydrogens (tertiary/aromatic N) is 3. The number of nitrogens with two attached hydrogens (primary N) is 1. The number of anilines is 1. The predicted octanol–water partition coefficient (Wildman–Crippen LogP) is 2.34. The Hall–Kier alpha value is -3.68. The molecule has 0 spiro atoms. The number of benzene rings is 2. The van der Waals surface area contributed by atoms with E-state index in [4.69, 9.17) is 5.73 Å². The molecule has 3 aromatic rings. The zero-order chi connectivity index (χ0) is 18.5. The summed E-state index contributed by atoms with van der Waals surface area (Å²) in [5, 5.41) is 17.8. The van der Waals surface area contributed by atoms with Crippen LogP contribution in [0.25, 0.3) is 5.69 Å². The van der Waals surface area contributed by atoms with Crippen molar-refractivity contribution in [3.63, 3.8) is 0 Å². The van der Waals surface area contributed by atoms with Gasteiger partial charge < -0.3 is 11.1 Å². The Labute approximate surface area is 149 Å². The van der Waals surface area contributed by atoms with E-state index in [0.717, 1.165) is 11.3 Å². The molecule has 26 heavy (non-hydrogen) atoms. The summed E-state index contributed by atoms with van der Waals surface area (Å²) in [7, 11) is 0. The smallest absolute Gasteiger partial charge is 0.292 e. The van der Waals surface area contributed by atoms with Crippen LogP contribution in [0.2, 0.25) is 0 Å². The molecule has 0 atom stereocenters. The number of nitrogen functional groups attached to an aromatic ring is 1. The van der Waals surface area contributed by atoms with E-state index in [-0.39, 0.29) is 22.8 Å². The number of hydrogen-bond acceptors (Lipinski definition) is 5. The molecule has 1 heterocycles. The van der Waals surface area contributed by atoms with E-state index >= 15 is 0 Å². The Bertz CT molecular complexity index is 921. The molecule has 0 aliphatic rings. The van der Waals surface area contributed by atoms with E-state index in [1.54, 1.807) is 10.9 Å². The van der Waals surface area contributed by atoms with E-state index in [1.165, 1.54) is 18.2 Å². The third-order valence-electron chi connectivity index (χ3n) is 3.89. The fourth-order valence-corrected chi connectivity index (χ4v) is 2.50. The summed E-state index contributed by atoms with van der Waals surface area (Å²) in [6.45, 7) is 0.415. The van der Waals surface area contributed by atoms with Crippen molar-refractivity contribution in [2.45, 2.75) is 6.42 Å². The highest BCUT2D eigenvalue weighted by Gasteiger charge is 2.15. The normalized spacial score (nSPS) is 10.5. The second-order valence-electron chi connectivity index (χ2n) is 5.65. The highest BCUT2D eigenvalue weighted by Crippen LogP contribution is 2.22. The highest BCUT2D eigenvalue weighted by atomic mass is 16.6. The van der Waals surface area contributed by atoms with E-state index in [2.05, 4.69) is 10.4 Å². The minimum Gasteiger partial charge on any atom is -0.393 e. The van der Waals surface area contributed by atoms with Crippen LogP contribution in [0.4, 0.5) is 11.4 Å². The van der Waals surface area contributed by atoms with Crippen molar-refractivity contribution < 1.29 is 9.72 Å². The minimum atomic E-state index is -0.604. The lowest BCUT2D eigenvalue weighted by atomic mass is 10.1. The van der Waals surface area contributed by atoms with Gasteiger partial charge in [0.25, 0.3) is 11.6 Å². The van der Waals surface area contributed by atoms with E-state index in [0.29, 0.717) is 13.0 Å². The third-order valence-corrected chi connectivity index (χ3v) is 3.89. The molecule has 1 amide bonds. The molecule has 0 unspecified atom stereocenters. The van der Waals surface area contributed by atoms with Gasteiger partial charge in [0.05, 0.1) is 10.6 Å². The largest absolute Gasteiger partial charge is 0.393 e. The van der Waals surface area contributed by atoms with E-state index < -0.39 is 4.92 Å². The van der Waals surface area contributed by atoms with Gasteiger partial charge in [0.1, 0.15) is 5.69 Å². The standard InChI is InChI=1S/C18H17N5O3/c19-16-7-4-14(12-17(16)23(25)26)18(24)20-10-8-13-2-5-15(6-3-13)22-11-1-9-21-22/h1-7,9,11-12H,8,10,19H2,(H,20,24). The van der Waals surface area contributed by atoms with Crippen molar-refractivity contribution >= 4 is 17.3 Å². The number of hydrogen-bond donors (Lipinski definition) is 2. The van der Waals surface area contributed by atoms with Gasteiger partial charge in [-0.05, 0) is 42.3 Å². The van der Waals surface area contributed by atoms with Crippen LogP contribution in [0, 0.1) is 10.1 Å². The maximum atomic E-state index is 12.1. The Balaban J connectivity index is 1.57. The lowest BCUT2D eigenvalue weighted by Crippen LogP contribution is -2.25. The zero-order valence-electron chi connectivity index (χ0n) is 13.8. The highest BCUT2D eigenvalue weighted by molar-refractivity contribution is 5.95. The van der Waals surface area contributed by atoms with Gasteiger partial charge in [-0.25, -0.2) is 4.68 Å². The molecular weight excluding hydrogens is 334 g/mol. The number of nitro groups is 1. The van der Waals surface area contributed by atoms with Gasteiger partial charge in [-0.3, -0.25) is 14.9 Å². The van der Waals surface area contributed by atoms with Crippen molar-refractivity contribution in [3.05, 3.63) is 82.2 Å². The SMILES string of the molecule is Nc1ccc(C(=O)NCCc2ccc(-n3cccn3)cc2)cc1[N+](=O)[O-]. The quantitative estimate of drug-likeness (QED) is 0.402. The Kier molecular flexibility index (Phi) is 4.93. The first-order valence-electron chi connectivity index (χ1n) is 7.95. The summed E-state index contributed by atoms with van der Waals surface area (Å²) in [4.78, 5) is 22.4. The molecule has 0 fully saturated rings. The van der Waals surface area contributed by atoms with Gasteiger partial charge in [-0.15, -0.1) is 0 Å². The zero-order valence-corrected chi connectivity index (χ0v) is 13.8. The van der Waals surface area contributed by atoms with Gasteiger partial charge in [0, 0.05) is 30.6 Å². The average Bonchev–Trinajstić information content (AvgIpc) is 3.17. The Morgan fingerprint density at radius 1 is 1.23 bits per heavy atom. The molecule has 2 aromatic carbocycles. The number of carbonyl (C=O) groups is 1. The summed E-state index contributed by atoms with van der Waals surface area (Å²) < 4.78 is 1.76. The van der Waals surface area contributed by atoms with Crippen molar-refractivity contribution in [2.24, 2.45) is 0 Å². The number of carbonyl (C=O) groups excluding carboxylic acids is 1. The van der Waals surface area contributed by atoms with E-state index in [1.807, 2.05) is 36.5 Å². The van der Waals surface area contributed by atoms with Crippen LogP contribution in [0.15, 0.2) is 60.9 Å². The van der Waals surface area contributed by atoms with E-state index in [9.17, 15) is 14.9 Å². The summed E-state index contributed by atoms with van der Waals surface area (Å²) in [5.74, 6) is -0.374. The maximum absolute atomic E-state index is 12.1. The van der Waals surface area contributed by atoms with Crippen LogP contribution in [0.5, 0.6) is 0 Å². The maximum Gasteiger partial charge on any atom is 0.292 e. The summed E-state index contributed by atoms with van der Waals surface area (Å²) in [6.07, 6.45) is 4.22. The molecular formula is C18H17N5O3. The number of amides is 1. The third kappa shape index (κ3) is 3.86. The molecule has 132 valence electrons. The first-order chi connectivity index (χ1) is 12.5. The van der Waals surface area contributed by atoms with Crippen LogP contribution in [-0.2, 0) is 6.42 Å². The monoisotopic (exact) mass is 351 g/mol. The summed E-state index contributed by atoms with van der Waals surface area (Å²) in [6, 6.07) is 13.7. The molecule has 1 aromatic heterocycles. The Morgan fingerprint density at radius 3 is 2.65 bits per heavy atom. The van der Waals surface area contributed by atoms with Crippen LogP contribution < -0.4 is 11.1 Å². The fraction of sp³-hybridized carbons (Fsp3) is 0.111. The van der Waals surface area contributed by atoms with Gasteiger partial charge in [-0.2, -0.15) is 5.10 Å². The molecule has 0 saturated heterocycles. The molecule has 0 aliphatic carbocycles. The number of nitrogens with one attached hydrogen (secondary N) is 1. The molecule has 0 bridgehead atoms. The van der Waals surface area contributed by atoms with Crippen LogP contribution in [0.1, 0.15) is 15.9 Å². The van der Waals surface area contributed by atoms with Crippen molar-refractivity contribution in [2.75, 3.05) is 12.3 Å². The van der Waals surface area contributed by atoms with Crippen molar-refractivity contribution in [1.82, 2.24) is 15.1 Å². The molecule has 0 saturated carbocycles. The number of nitro benzene ring substituents is 1. The Morgan fingerprint density at radius 2 is 2.00 bits per heavy atom. The van der Waals surface area contributed by atoms with Crippen molar-refractivity contribution in [1.29, 1.82) is 0 Å². The summed E-state index contributed by atoms with van der Waals surface area (Å²) >= 11 is 0. The second kappa shape index (κ2) is 7.47. The summed E-state index contributed by atoms with van der Waals surface area (Å²) in [5.41, 5.74) is 7.52. The second-order valence-corrected chi connectivity index (χ2v) is 5.65. The van der Waals surface area contributed by atoms with Crippen LogP contribution >= 0.6 is 0 Å². The molecule has 8 heteroatoms. The molecule has 3 rings (SSSR count). The lowest BCUT2D eigenvalue weighted by Gasteiger charge is -2.07. The van der Waals surface area contributed by atoms with Crippen molar-refractivity contribution in [3.8, 4) is 5.69 Å². The lowest BCUT2D eigenvalue weighted by molar-refractivity contribution is -0.383. The number of rotatable bonds is 6. The topological polar surface area (TPSA) is 116 Å². The molecule has 0 radical (unpaired) electrons. The van der Waals surface area contributed by atoms with Gasteiger partial charge in [0.15, 0.2) is 0 Å². The first kappa shape index (κ1) is 17.2. The minimum absolute atomic E-state index is 0.0313. The van der Waals surface area contributed by atoms with Gasteiger partial charge in [0.2, 0.25) is 0 Å².